The molecule has 0 radical (unpaired) electrons. The summed E-state index contributed by atoms with van der Waals surface area (Å²) in [5, 5.41) is 12.8. The highest BCUT2D eigenvalue weighted by molar-refractivity contribution is 7.91. The average molecular weight is 536 g/mol. The lowest BCUT2D eigenvalue weighted by atomic mass is 10.1. The van der Waals surface area contributed by atoms with Gasteiger partial charge in [0.2, 0.25) is 21.8 Å². The van der Waals surface area contributed by atoms with Gasteiger partial charge in [0.05, 0.1) is 5.75 Å². The normalized spacial score (nSPS) is 13.1. The zero-order chi connectivity index (χ0) is 26.2. The zero-order valence-corrected chi connectivity index (χ0v) is 21.5. The maximum Gasteiger partial charge on any atom is 0.268 e. The van der Waals surface area contributed by atoms with E-state index in [4.69, 9.17) is 9.47 Å². The Bertz CT molecular complexity index is 1710. The van der Waals surface area contributed by atoms with Crippen molar-refractivity contribution in [3.05, 3.63) is 64.9 Å². The Morgan fingerprint density at radius 1 is 1.24 bits per heavy atom. The summed E-state index contributed by atoms with van der Waals surface area (Å²) in [5.41, 5.74) is 3.40. The van der Waals surface area contributed by atoms with E-state index < -0.39 is 15.7 Å². The monoisotopic (exact) mass is 535 g/mol. The number of carbonyl (C=O) groups is 1. The fourth-order valence-electron chi connectivity index (χ4n) is 4.04. The smallest absolute Gasteiger partial charge is 0.268 e. The molecule has 0 fully saturated rings. The second-order valence-electron chi connectivity index (χ2n) is 8.20. The molecular weight excluding hydrogens is 514 g/mol. The topological polar surface area (TPSA) is 136 Å². The van der Waals surface area contributed by atoms with Gasteiger partial charge in [0.15, 0.2) is 11.5 Å². The fourth-order valence-corrected chi connectivity index (χ4v) is 5.62. The summed E-state index contributed by atoms with van der Waals surface area (Å²) in [5.74, 6) is 0.546. The lowest BCUT2D eigenvalue weighted by molar-refractivity contribution is -0.112. The van der Waals surface area contributed by atoms with Gasteiger partial charge in [0, 0.05) is 40.2 Å². The van der Waals surface area contributed by atoms with Crippen LogP contribution < -0.4 is 14.8 Å². The van der Waals surface area contributed by atoms with Gasteiger partial charge in [-0.25, -0.2) is 8.42 Å². The van der Waals surface area contributed by atoms with Crippen LogP contribution in [0, 0.1) is 18.3 Å². The minimum absolute atomic E-state index is 0.000123. The van der Waals surface area contributed by atoms with Crippen LogP contribution in [0.25, 0.3) is 17.0 Å². The number of benzene rings is 2. The summed E-state index contributed by atoms with van der Waals surface area (Å²) in [6.07, 6.45) is 1.54. The van der Waals surface area contributed by atoms with Gasteiger partial charge in [-0.15, -0.1) is 0 Å². The lowest BCUT2D eigenvalue weighted by Crippen LogP contribution is -2.14. The van der Waals surface area contributed by atoms with E-state index in [1.807, 2.05) is 55.5 Å². The van der Waals surface area contributed by atoms with E-state index in [9.17, 15) is 18.5 Å². The van der Waals surface area contributed by atoms with Gasteiger partial charge in [-0.1, -0.05) is 31.2 Å². The molecule has 12 heteroatoms. The first kappa shape index (κ1) is 24.5. The van der Waals surface area contributed by atoms with Crippen LogP contribution in [0.5, 0.6) is 11.5 Å². The molecule has 0 bridgehead atoms. The molecule has 3 heterocycles. The number of rotatable bonds is 7. The first-order valence-corrected chi connectivity index (χ1v) is 13.7. The number of sulfone groups is 1. The number of fused-ring (bicyclic) bond motifs is 2. The number of carbonyl (C=O) groups excluding carboxylic acids is 1. The predicted octanol–water partition coefficient (Wildman–Crippen LogP) is 3.92. The number of nitrogens with one attached hydrogen (secondary N) is 1. The van der Waals surface area contributed by atoms with E-state index in [0.29, 0.717) is 18.0 Å². The summed E-state index contributed by atoms with van der Waals surface area (Å²) in [4.78, 5) is 16.8. The number of aromatic nitrogens is 3. The molecule has 188 valence electrons. The van der Waals surface area contributed by atoms with Gasteiger partial charge < -0.3 is 14.0 Å². The van der Waals surface area contributed by atoms with Crippen LogP contribution in [0.3, 0.4) is 0 Å². The van der Waals surface area contributed by atoms with Crippen molar-refractivity contribution in [2.45, 2.75) is 25.5 Å². The van der Waals surface area contributed by atoms with Crippen LogP contribution in [-0.2, 0) is 21.2 Å². The molecule has 0 spiro atoms. The van der Waals surface area contributed by atoms with Crippen molar-refractivity contribution in [2.24, 2.45) is 0 Å². The maximum atomic E-state index is 12.9. The van der Waals surface area contributed by atoms with Crippen molar-refractivity contribution in [1.82, 2.24) is 13.9 Å². The van der Waals surface area contributed by atoms with Gasteiger partial charge in [-0.05, 0) is 36.8 Å². The van der Waals surface area contributed by atoms with Crippen LogP contribution >= 0.6 is 11.5 Å². The molecule has 2 aromatic carbocycles. The van der Waals surface area contributed by atoms with E-state index in [1.165, 1.54) is 13.0 Å². The molecule has 0 unspecified atom stereocenters. The highest BCUT2D eigenvalue weighted by Gasteiger charge is 2.21. The predicted molar refractivity (Wildman–Crippen MR) is 138 cm³/mol. The number of para-hydroxylation sites is 1. The van der Waals surface area contributed by atoms with Crippen molar-refractivity contribution >= 4 is 49.4 Å². The van der Waals surface area contributed by atoms with E-state index in [2.05, 4.69) is 19.2 Å². The van der Waals surface area contributed by atoms with Gasteiger partial charge in [-0.3, -0.25) is 10.1 Å². The molecule has 2 aromatic heterocycles. The quantitative estimate of drug-likeness (QED) is 0.278. The third-order valence-electron chi connectivity index (χ3n) is 6.00. The second kappa shape index (κ2) is 9.68. The van der Waals surface area contributed by atoms with Gasteiger partial charge >= 0.3 is 0 Å². The number of ether oxygens (including phenoxy) is 2. The van der Waals surface area contributed by atoms with Crippen LogP contribution in [0.1, 0.15) is 23.7 Å². The average Bonchev–Trinajstić information content (AvgIpc) is 3.62. The van der Waals surface area contributed by atoms with E-state index in [1.54, 1.807) is 0 Å². The van der Waals surface area contributed by atoms with Crippen LogP contribution in [-0.4, -0.2) is 40.8 Å². The summed E-state index contributed by atoms with van der Waals surface area (Å²) in [7, 11) is -3.60. The molecule has 10 nitrogen and oxygen atoms in total. The Hall–Kier alpha value is -4.21. The lowest BCUT2D eigenvalue weighted by Gasteiger charge is -2.09. The third kappa shape index (κ3) is 4.66. The number of nitriles is 1. The summed E-state index contributed by atoms with van der Waals surface area (Å²) in [6, 6.07) is 15.5. The third-order valence-corrected chi connectivity index (χ3v) is 8.24. The summed E-state index contributed by atoms with van der Waals surface area (Å²) in [6.45, 7) is 4.16. The summed E-state index contributed by atoms with van der Waals surface area (Å²) >= 11 is 0.742. The minimum Gasteiger partial charge on any atom is -0.454 e. The highest BCUT2D eigenvalue weighted by atomic mass is 32.2. The number of nitrogens with zero attached hydrogens (tertiary/aromatic N) is 4. The van der Waals surface area contributed by atoms with Crippen molar-refractivity contribution in [2.75, 3.05) is 17.9 Å². The van der Waals surface area contributed by atoms with Crippen molar-refractivity contribution in [3.8, 4) is 17.6 Å². The van der Waals surface area contributed by atoms with Crippen molar-refractivity contribution < 1.29 is 22.7 Å². The number of anilines is 1. The van der Waals surface area contributed by atoms with Gasteiger partial charge in [-0.2, -0.15) is 14.6 Å². The molecule has 1 N–H and O–H groups in total. The molecule has 4 aromatic rings. The van der Waals surface area contributed by atoms with E-state index in [0.717, 1.165) is 39.3 Å². The molecule has 0 atom stereocenters. The van der Waals surface area contributed by atoms with Gasteiger partial charge in [0.25, 0.3) is 11.1 Å². The molecular formula is C25H21N5O5S2. The molecule has 1 amide bonds. The maximum absolute atomic E-state index is 12.9. The molecule has 0 saturated carbocycles. The van der Waals surface area contributed by atoms with Crippen molar-refractivity contribution in [1.29, 1.82) is 5.26 Å². The van der Waals surface area contributed by atoms with E-state index >= 15 is 0 Å². The Labute approximate surface area is 216 Å². The van der Waals surface area contributed by atoms with Crippen LogP contribution in [0.4, 0.5) is 5.13 Å². The Kier molecular flexibility index (Phi) is 6.41. The largest absolute Gasteiger partial charge is 0.454 e. The van der Waals surface area contributed by atoms with Gasteiger partial charge in [0.1, 0.15) is 11.6 Å². The standard InChI is InChI=1S/C25H21N5O5S2/c1-3-37(32,33)25-28-24(36-29-25)27-23(31)17(12-26)11-19-15(2)30(20-7-5-4-6-18(19)20)13-16-8-9-21-22(10-16)35-14-34-21/h4-11H,3,13-14H2,1-2H3,(H,27,28,29,31)/b17-11-. The molecule has 0 aliphatic carbocycles. The summed E-state index contributed by atoms with van der Waals surface area (Å²) < 4.78 is 40.8. The molecule has 0 saturated heterocycles. The Morgan fingerprint density at radius 2 is 2.03 bits per heavy atom. The number of amides is 1. The molecule has 5 rings (SSSR count). The first-order chi connectivity index (χ1) is 17.8. The first-order valence-electron chi connectivity index (χ1n) is 11.3. The SMILES string of the molecule is CCS(=O)(=O)c1nsc(NC(=O)/C(C#N)=C\c2c(C)n(Cc3ccc4c(c3)OCO4)c3ccccc23)n1. The zero-order valence-electron chi connectivity index (χ0n) is 19.9. The molecule has 37 heavy (non-hydrogen) atoms. The van der Waals surface area contributed by atoms with E-state index in [-0.39, 0.29) is 28.4 Å². The fraction of sp³-hybridized carbons (Fsp3) is 0.200. The van der Waals surface area contributed by atoms with Crippen LogP contribution in [0.15, 0.2) is 53.2 Å². The Morgan fingerprint density at radius 3 is 2.81 bits per heavy atom. The van der Waals surface area contributed by atoms with Crippen molar-refractivity contribution in [3.63, 3.8) is 0 Å². The molecule has 1 aliphatic heterocycles. The number of hydrogen-bond acceptors (Lipinski definition) is 9. The second-order valence-corrected chi connectivity index (χ2v) is 11.1. The Balaban J connectivity index is 1.47. The minimum atomic E-state index is -3.60. The molecule has 1 aliphatic rings. The number of hydrogen-bond donors (Lipinski definition) is 1. The van der Waals surface area contributed by atoms with Crippen LogP contribution in [0.2, 0.25) is 0 Å². The highest BCUT2D eigenvalue weighted by Crippen LogP contribution is 2.34.